The molecule has 1 aliphatic rings. The van der Waals surface area contributed by atoms with Gasteiger partial charge in [0.1, 0.15) is 0 Å². The Bertz CT molecular complexity index is 912. The van der Waals surface area contributed by atoms with Crippen molar-refractivity contribution in [2.24, 2.45) is 0 Å². The maximum atomic E-state index is 13.1. The van der Waals surface area contributed by atoms with E-state index >= 15 is 0 Å². The summed E-state index contributed by atoms with van der Waals surface area (Å²) in [6.07, 6.45) is 3.06. The van der Waals surface area contributed by atoms with Crippen LogP contribution in [-0.2, 0) is 27.3 Å². The summed E-state index contributed by atoms with van der Waals surface area (Å²) >= 11 is 8.03. The van der Waals surface area contributed by atoms with E-state index in [1.54, 1.807) is 29.5 Å². The maximum absolute atomic E-state index is 13.1. The Hall–Kier alpha value is -2.22. The molecule has 1 aliphatic heterocycles. The lowest BCUT2D eigenvalue weighted by Gasteiger charge is -2.21. The second-order valence-corrected chi connectivity index (χ2v) is 8.21. The van der Waals surface area contributed by atoms with Crippen molar-refractivity contribution >= 4 is 46.2 Å². The predicted octanol–water partition coefficient (Wildman–Crippen LogP) is 3.61. The van der Waals surface area contributed by atoms with Crippen LogP contribution in [0.15, 0.2) is 29.6 Å². The van der Waals surface area contributed by atoms with Crippen molar-refractivity contribution in [3.05, 3.63) is 50.7 Å². The number of benzene rings is 1. The first-order chi connectivity index (χ1) is 14.0. The Labute approximate surface area is 178 Å². The molecular weight excluding hydrogens is 412 g/mol. The third-order valence-corrected chi connectivity index (χ3v) is 6.14. The zero-order valence-corrected chi connectivity index (χ0v) is 17.8. The number of carbonyl (C=O) groups excluding carboxylic acids is 3. The van der Waals surface area contributed by atoms with Crippen LogP contribution in [0.3, 0.4) is 0 Å². The highest BCUT2D eigenvalue weighted by molar-refractivity contribution is 7.10. The smallest absolute Gasteiger partial charge is 0.287 e. The number of anilines is 1. The van der Waals surface area contributed by atoms with E-state index in [4.69, 9.17) is 16.3 Å². The second-order valence-electron chi connectivity index (χ2n) is 6.80. The molecule has 1 aromatic carbocycles. The van der Waals surface area contributed by atoms with E-state index in [-0.39, 0.29) is 25.5 Å². The number of methoxy groups -OCH3 is 1. The van der Waals surface area contributed by atoms with Crippen LogP contribution < -0.4 is 10.2 Å². The maximum Gasteiger partial charge on any atom is 0.287 e. The Kier molecular flexibility index (Phi) is 7.41. The third-order valence-electron chi connectivity index (χ3n) is 4.82. The highest BCUT2D eigenvalue weighted by Gasteiger charge is 2.23. The molecule has 2 aromatic rings. The van der Waals surface area contributed by atoms with Gasteiger partial charge in [-0.15, -0.1) is 11.3 Å². The lowest BCUT2D eigenvalue weighted by Crippen LogP contribution is -2.32. The van der Waals surface area contributed by atoms with Crippen molar-refractivity contribution in [3.63, 3.8) is 0 Å². The summed E-state index contributed by atoms with van der Waals surface area (Å²) in [6.45, 7) is 0.997. The number of rotatable bonds is 7. The molecule has 3 rings (SSSR count). The van der Waals surface area contributed by atoms with Crippen LogP contribution in [0.25, 0.3) is 0 Å². The first-order valence-electron chi connectivity index (χ1n) is 9.48. The monoisotopic (exact) mass is 434 g/mol. The first-order valence-corrected chi connectivity index (χ1v) is 10.7. The van der Waals surface area contributed by atoms with Gasteiger partial charge in [0.25, 0.3) is 11.8 Å². The highest BCUT2D eigenvalue weighted by atomic mass is 35.5. The van der Waals surface area contributed by atoms with Crippen molar-refractivity contribution in [1.82, 2.24) is 5.32 Å². The van der Waals surface area contributed by atoms with Crippen LogP contribution >= 0.6 is 22.9 Å². The topological polar surface area (TPSA) is 75.7 Å². The number of ether oxygens (including phenoxy) is 1. The lowest BCUT2D eigenvalue weighted by atomic mass is 10.1. The molecule has 0 fully saturated rings. The fourth-order valence-electron chi connectivity index (χ4n) is 3.21. The second kappa shape index (κ2) is 10.0. The van der Waals surface area contributed by atoms with Crippen LogP contribution in [0, 0.1) is 0 Å². The lowest BCUT2D eigenvalue weighted by molar-refractivity contribution is -0.138. The van der Waals surface area contributed by atoms with E-state index in [0.717, 1.165) is 24.9 Å². The molecule has 0 bridgehead atoms. The zero-order valence-electron chi connectivity index (χ0n) is 16.2. The number of fused-ring (bicyclic) bond motifs is 1. The zero-order chi connectivity index (χ0) is 20.8. The summed E-state index contributed by atoms with van der Waals surface area (Å²) in [5.41, 5.74) is 2.13. The van der Waals surface area contributed by atoms with Crippen molar-refractivity contribution in [2.75, 3.05) is 25.2 Å². The van der Waals surface area contributed by atoms with E-state index in [0.29, 0.717) is 22.7 Å². The largest absolute Gasteiger partial charge is 0.384 e. The number of aryl methyl sites for hydroxylation is 1. The van der Waals surface area contributed by atoms with Gasteiger partial charge in [0, 0.05) is 42.1 Å². The summed E-state index contributed by atoms with van der Waals surface area (Å²) in [5, 5.41) is 4.95. The van der Waals surface area contributed by atoms with Gasteiger partial charge >= 0.3 is 0 Å². The molecule has 0 spiro atoms. The minimum absolute atomic E-state index is 0.0317. The molecule has 8 heteroatoms. The average Bonchev–Trinajstić information content (AvgIpc) is 3.09. The highest BCUT2D eigenvalue weighted by Crippen LogP contribution is 2.32. The number of carbonyl (C=O) groups is 3. The van der Waals surface area contributed by atoms with Crippen LogP contribution in [-0.4, -0.2) is 37.9 Å². The molecule has 29 heavy (non-hydrogen) atoms. The Morgan fingerprint density at radius 3 is 2.83 bits per heavy atom. The van der Waals surface area contributed by atoms with Crippen LogP contribution in [0.2, 0.25) is 5.02 Å². The summed E-state index contributed by atoms with van der Waals surface area (Å²) in [5.74, 6) is -1.30. The summed E-state index contributed by atoms with van der Waals surface area (Å²) in [7, 11) is 1.47. The fourth-order valence-corrected chi connectivity index (χ4v) is 4.38. The molecule has 2 amide bonds. The molecule has 154 valence electrons. The van der Waals surface area contributed by atoms with E-state index in [9.17, 15) is 14.4 Å². The van der Waals surface area contributed by atoms with E-state index in [1.807, 2.05) is 16.3 Å². The van der Waals surface area contributed by atoms with Gasteiger partial charge < -0.3 is 15.0 Å². The molecule has 0 atom stereocenters. The summed E-state index contributed by atoms with van der Waals surface area (Å²) in [4.78, 5) is 39.6. The summed E-state index contributed by atoms with van der Waals surface area (Å²) < 4.78 is 4.80. The van der Waals surface area contributed by atoms with Crippen LogP contribution in [0.1, 0.15) is 40.1 Å². The van der Waals surface area contributed by atoms with E-state index < -0.39 is 11.7 Å². The Morgan fingerprint density at radius 1 is 1.24 bits per heavy atom. The quantitative estimate of drug-likeness (QED) is 0.675. The molecule has 0 radical (unpaired) electrons. The van der Waals surface area contributed by atoms with Crippen LogP contribution in [0.5, 0.6) is 0 Å². The summed E-state index contributed by atoms with van der Waals surface area (Å²) in [6, 6.07) is 7.03. The van der Waals surface area contributed by atoms with Crippen molar-refractivity contribution in [1.29, 1.82) is 0 Å². The Balaban J connectivity index is 1.67. The number of ketones is 1. The standard InChI is InChI=1S/C21H23ClN2O4S/c1-28-10-7-18(25)20(26)23-13-15-6-5-14(12-16(15)22)21(27)24-9-3-2-4-19-17(24)8-11-29-19/h5-6,8,11-12H,2-4,7,9-10,13H2,1H3,(H,23,26). The Morgan fingerprint density at radius 2 is 2.07 bits per heavy atom. The third kappa shape index (κ3) is 5.23. The molecular formula is C21H23ClN2O4S. The first kappa shape index (κ1) is 21.5. The molecule has 2 heterocycles. The number of nitrogens with zero attached hydrogens (tertiary/aromatic N) is 1. The molecule has 1 N–H and O–H groups in total. The van der Waals surface area contributed by atoms with Gasteiger partial charge in [-0.25, -0.2) is 0 Å². The van der Waals surface area contributed by atoms with Crippen molar-refractivity contribution in [2.45, 2.75) is 32.2 Å². The molecule has 0 unspecified atom stereocenters. The van der Waals surface area contributed by atoms with Crippen molar-refractivity contribution in [3.8, 4) is 0 Å². The van der Waals surface area contributed by atoms with E-state index in [1.165, 1.54) is 12.0 Å². The SMILES string of the molecule is COCCC(=O)C(=O)NCc1ccc(C(=O)N2CCCCc3sccc32)cc1Cl. The van der Waals surface area contributed by atoms with Gasteiger partial charge in [0.2, 0.25) is 5.78 Å². The fraction of sp³-hybridized carbons (Fsp3) is 0.381. The van der Waals surface area contributed by atoms with Gasteiger partial charge in [-0.05, 0) is 48.4 Å². The van der Waals surface area contributed by atoms with Crippen molar-refractivity contribution < 1.29 is 19.1 Å². The molecule has 0 saturated heterocycles. The normalized spacial score (nSPS) is 13.5. The minimum Gasteiger partial charge on any atom is -0.384 e. The minimum atomic E-state index is -0.673. The van der Waals surface area contributed by atoms with Gasteiger partial charge in [0.05, 0.1) is 12.3 Å². The number of thiophene rings is 1. The number of hydrogen-bond donors (Lipinski definition) is 1. The number of Topliss-reactive ketones (excluding diaryl/α,β-unsaturated/α-hetero) is 1. The van der Waals surface area contributed by atoms with Gasteiger partial charge in [-0.1, -0.05) is 17.7 Å². The number of hydrogen-bond acceptors (Lipinski definition) is 5. The van der Waals surface area contributed by atoms with Gasteiger partial charge in [-0.2, -0.15) is 0 Å². The van der Waals surface area contributed by atoms with Crippen LogP contribution in [0.4, 0.5) is 5.69 Å². The number of halogens is 1. The van der Waals surface area contributed by atoms with Gasteiger partial charge in [0.15, 0.2) is 0 Å². The molecule has 6 nitrogen and oxygen atoms in total. The molecule has 1 aromatic heterocycles. The molecule has 0 saturated carbocycles. The van der Waals surface area contributed by atoms with E-state index in [2.05, 4.69) is 5.32 Å². The molecule has 0 aliphatic carbocycles. The number of nitrogens with one attached hydrogen (secondary N) is 1. The predicted molar refractivity (Wildman–Crippen MR) is 114 cm³/mol. The van der Waals surface area contributed by atoms with Gasteiger partial charge in [-0.3, -0.25) is 14.4 Å². The number of amides is 2. The average molecular weight is 435 g/mol.